The van der Waals surface area contributed by atoms with Gasteiger partial charge in [-0.25, -0.2) is 9.37 Å². The van der Waals surface area contributed by atoms with Crippen LogP contribution in [0.15, 0.2) is 35.4 Å². The van der Waals surface area contributed by atoms with Crippen LogP contribution in [0.5, 0.6) is 0 Å². The average Bonchev–Trinajstić information content (AvgIpc) is 3.31. The molecular weight excluding hydrogens is 457 g/mol. The number of rotatable bonds is 6. The number of nitrogens with one attached hydrogen (secondary N) is 2. The van der Waals surface area contributed by atoms with Crippen LogP contribution in [0, 0.1) is 5.82 Å². The first-order chi connectivity index (χ1) is 15.2. The Hall–Kier alpha value is -2.69. The van der Waals surface area contributed by atoms with Gasteiger partial charge in [0.15, 0.2) is 0 Å². The van der Waals surface area contributed by atoms with Crippen LogP contribution >= 0.6 is 11.6 Å². The molecule has 2 heterocycles. The third kappa shape index (κ3) is 4.05. The Bertz CT molecular complexity index is 1350. The lowest BCUT2D eigenvalue weighted by atomic mass is 10.0. The first-order valence-corrected chi connectivity index (χ1v) is 12.0. The molecule has 32 heavy (non-hydrogen) atoms. The maximum Gasteiger partial charge on any atom is 0.301 e. The predicted molar refractivity (Wildman–Crippen MR) is 124 cm³/mol. The molecule has 1 aromatic heterocycles. The molecule has 1 aliphatic rings. The Labute approximate surface area is 190 Å². The standard InChI is InChI=1S/C21H23ClFN5O3S/c1-3-13-15(8-9-16-18(13)21(29)27(2)12-24-16)25-20-14(23)6-7-17(19(20)22)26-32(30,31)28-10-4-5-11-28/h6-9,12,25-26H,3-5,10-11H2,1-2H3. The molecule has 170 valence electrons. The molecule has 1 saturated heterocycles. The van der Waals surface area contributed by atoms with Crippen LogP contribution in [0.4, 0.5) is 21.5 Å². The van der Waals surface area contributed by atoms with E-state index < -0.39 is 16.0 Å². The second-order valence-electron chi connectivity index (χ2n) is 7.62. The van der Waals surface area contributed by atoms with E-state index in [1.165, 1.54) is 21.3 Å². The minimum absolute atomic E-state index is 0.0684. The second-order valence-corrected chi connectivity index (χ2v) is 9.67. The average molecular weight is 480 g/mol. The normalized spacial score (nSPS) is 14.8. The van der Waals surface area contributed by atoms with Crippen molar-refractivity contribution in [1.29, 1.82) is 0 Å². The molecule has 3 aromatic rings. The predicted octanol–water partition coefficient (Wildman–Crippen LogP) is 3.78. The van der Waals surface area contributed by atoms with E-state index in [-0.39, 0.29) is 22.0 Å². The maximum absolute atomic E-state index is 14.7. The van der Waals surface area contributed by atoms with Crippen molar-refractivity contribution in [3.63, 3.8) is 0 Å². The van der Waals surface area contributed by atoms with Crippen LogP contribution in [0.25, 0.3) is 10.9 Å². The highest BCUT2D eigenvalue weighted by molar-refractivity contribution is 7.90. The topological polar surface area (TPSA) is 96.3 Å². The van der Waals surface area contributed by atoms with Gasteiger partial charge in [0.05, 0.1) is 33.6 Å². The number of hydrogen-bond donors (Lipinski definition) is 2. The largest absolute Gasteiger partial charge is 0.352 e. The van der Waals surface area contributed by atoms with E-state index in [1.54, 1.807) is 19.2 Å². The van der Waals surface area contributed by atoms with E-state index in [1.807, 2.05) is 6.92 Å². The van der Waals surface area contributed by atoms with Crippen LogP contribution < -0.4 is 15.6 Å². The Morgan fingerprint density at radius 3 is 2.53 bits per heavy atom. The Morgan fingerprint density at radius 1 is 1.16 bits per heavy atom. The molecule has 0 aliphatic carbocycles. The van der Waals surface area contributed by atoms with Gasteiger partial charge in [0, 0.05) is 25.8 Å². The lowest BCUT2D eigenvalue weighted by molar-refractivity contribution is 0.482. The lowest BCUT2D eigenvalue weighted by Crippen LogP contribution is -2.33. The number of aromatic nitrogens is 2. The molecule has 1 fully saturated rings. The van der Waals surface area contributed by atoms with Gasteiger partial charge in [-0.3, -0.25) is 9.52 Å². The summed E-state index contributed by atoms with van der Waals surface area (Å²) in [7, 11) is -2.18. The van der Waals surface area contributed by atoms with Crippen molar-refractivity contribution in [2.24, 2.45) is 7.05 Å². The van der Waals surface area contributed by atoms with Gasteiger partial charge in [-0.1, -0.05) is 18.5 Å². The summed E-state index contributed by atoms with van der Waals surface area (Å²) in [5, 5.41) is 3.30. The van der Waals surface area contributed by atoms with Crippen molar-refractivity contribution in [3.05, 3.63) is 57.3 Å². The molecule has 0 unspecified atom stereocenters. The maximum atomic E-state index is 14.7. The van der Waals surface area contributed by atoms with E-state index in [2.05, 4.69) is 15.0 Å². The number of aryl methyl sites for hydroxylation is 2. The van der Waals surface area contributed by atoms with Crippen LogP contribution in [0.2, 0.25) is 5.02 Å². The minimum atomic E-state index is -3.79. The molecule has 4 rings (SSSR count). The van der Waals surface area contributed by atoms with Gasteiger partial charge in [0.2, 0.25) is 0 Å². The molecule has 0 saturated carbocycles. The highest BCUT2D eigenvalue weighted by atomic mass is 35.5. The van der Waals surface area contributed by atoms with E-state index in [0.29, 0.717) is 41.7 Å². The van der Waals surface area contributed by atoms with Crippen molar-refractivity contribution in [1.82, 2.24) is 13.9 Å². The number of hydrogen-bond acceptors (Lipinski definition) is 5. The van der Waals surface area contributed by atoms with E-state index in [0.717, 1.165) is 18.9 Å². The summed E-state index contributed by atoms with van der Waals surface area (Å²) < 4.78 is 45.1. The lowest BCUT2D eigenvalue weighted by Gasteiger charge is -2.20. The number of benzene rings is 2. The van der Waals surface area contributed by atoms with Crippen molar-refractivity contribution < 1.29 is 12.8 Å². The quantitative estimate of drug-likeness (QED) is 0.560. The summed E-state index contributed by atoms with van der Waals surface area (Å²) in [6.45, 7) is 2.74. The number of halogens is 2. The highest BCUT2D eigenvalue weighted by Gasteiger charge is 2.27. The zero-order chi connectivity index (χ0) is 23.0. The van der Waals surface area contributed by atoms with Gasteiger partial charge in [0.1, 0.15) is 5.82 Å². The fraction of sp³-hybridized carbons (Fsp3) is 0.333. The van der Waals surface area contributed by atoms with E-state index in [4.69, 9.17) is 11.6 Å². The third-order valence-corrected chi connectivity index (χ3v) is 7.46. The molecule has 0 spiro atoms. The number of fused-ring (bicyclic) bond motifs is 1. The van der Waals surface area contributed by atoms with Crippen molar-refractivity contribution in [2.45, 2.75) is 26.2 Å². The van der Waals surface area contributed by atoms with Crippen molar-refractivity contribution in [3.8, 4) is 0 Å². The van der Waals surface area contributed by atoms with Crippen LogP contribution in [-0.2, 0) is 23.7 Å². The minimum Gasteiger partial charge on any atom is -0.352 e. The van der Waals surface area contributed by atoms with Crippen molar-refractivity contribution in [2.75, 3.05) is 23.1 Å². The first-order valence-electron chi connectivity index (χ1n) is 10.2. The molecule has 0 bridgehead atoms. The second kappa shape index (κ2) is 8.68. The molecule has 0 radical (unpaired) electrons. The number of nitrogens with zero attached hydrogens (tertiary/aromatic N) is 3. The van der Waals surface area contributed by atoms with Gasteiger partial charge in [0.25, 0.3) is 5.56 Å². The Morgan fingerprint density at radius 2 is 1.84 bits per heavy atom. The van der Waals surface area contributed by atoms with Gasteiger partial charge in [-0.2, -0.15) is 12.7 Å². The Kier molecular flexibility index (Phi) is 6.11. The molecule has 8 nitrogen and oxygen atoms in total. The molecule has 2 aromatic carbocycles. The van der Waals surface area contributed by atoms with E-state index >= 15 is 0 Å². The molecule has 0 amide bonds. The SMILES string of the molecule is CCc1c(Nc2c(F)ccc(NS(=O)(=O)N3CCCC3)c2Cl)ccc2ncn(C)c(=O)c12. The summed E-state index contributed by atoms with van der Waals surface area (Å²) in [4.78, 5) is 17.0. The van der Waals surface area contributed by atoms with Crippen molar-refractivity contribution >= 4 is 49.8 Å². The summed E-state index contributed by atoms with van der Waals surface area (Å²) in [5.41, 5.74) is 1.46. The molecule has 0 atom stereocenters. The van der Waals surface area contributed by atoms with Gasteiger partial charge < -0.3 is 9.88 Å². The highest BCUT2D eigenvalue weighted by Crippen LogP contribution is 2.37. The Balaban J connectivity index is 1.75. The monoisotopic (exact) mass is 479 g/mol. The zero-order valence-corrected chi connectivity index (χ0v) is 19.2. The molecule has 2 N–H and O–H groups in total. The van der Waals surface area contributed by atoms with Gasteiger partial charge in [-0.05, 0) is 49.1 Å². The summed E-state index contributed by atoms with van der Waals surface area (Å²) in [6, 6.07) is 5.80. The fourth-order valence-corrected chi connectivity index (χ4v) is 5.48. The van der Waals surface area contributed by atoms with Gasteiger partial charge >= 0.3 is 10.2 Å². The summed E-state index contributed by atoms with van der Waals surface area (Å²) >= 11 is 6.42. The van der Waals surface area contributed by atoms with Crippen LogP contribution in [0.1, 0.15) is 25.3 Å². The first kappa shape index (κ1) is 22.5. The molecule has 11 heteroatoms. The van der Waals surface area contributed by atoms with Crippen LogP contribution in [0.3, 0.4) is 0 Å². The molecule has 1 aliphatic heterocycles. The summed E-state index contributed by atoms with van der Waals surface area (Å²) in [5.74, 6) is -0.652. The fourth-order valence-electron chi connectivity index (χ4n) is 3.86. The van der Waals surface area contributed by atoms with Gasteiger partial charge in [-0.15, -0.1) is 0 Å². The smallest absolute Gasteiger partial charge is 0.301 e. The summed E-state index contributed by atoms with van der Waals surface area (Å²) in [6.07, 6.45) is 3.52. The van der Waals surface area contributed by atoms with Crippen LogP contribution in [-0.4, -0.2) is 35.4 Å². The molecular formula is C21H23ClFN5O3S. The zero-order valence-electron chi connectivity index (χ0n) is 17.7. The van der Waals surface area contributed by atoms with E-state index in [9.17, 15) is 17.6 Å². The third-order valence-electron chi connectivity index (χ3n) is 5.54. The number of anilines is 3.